The highest BCUT2D eigenvalue weighted by Crippen LogP contribution is 2.15. The van der Waals surface area contributed by atoms with E-state index in [1.54, 1.807) is 12.1 Å². The molecule has 1 rings (SSSR count). The van der Waals surface area contributed by atoms with Crippen LogP contribution in [0.5, 0.6) is 0 Å². The third-order valence-corrected chi connectivity index (χ3v) is 2.79. The first-order valence-corrected chi connectivity index (χ1v) is 6.05. The number of carbonyl (C=O) groups is 1. The van der Waals surface area contributed by atoms with Crippen LogP contribution in [-0.4, -0.2) is 39.9 Å². The second-order valence-corrected chi connectivity index (χ2v) is 4.36. The van der Waals surface area contributed by atoms with Crippen LogP contribution < -0.4 is 10.6 Å². The third-order valence-electron chi connectivity index (χ3n) is 2.79. The van der Waals surface area contributed by atoms with Crippen molar-refractivity contribution in [2.45, 2.75) is 32.7 Å². The number of anilines is 1. The van der Waals surface area contributed by atoms with Crippen LogP contribution in [0.25, 0.3) is 0 Å². The van der Waals surface area contributed by atoms with Gasteiger partial charge in [0.05, 0.1) is 12.1 Å². The summed E-state index contributed by atoms with van der Waals surface area (Å²) < 4.78 is 0. The lowest BCUT2D eigenvalue weighted by Gasteiger charge is -2.27. The van der Waals surface area contributed by atoms with Gasteiger partial charge in [-0.05, 0) is 32.4 Å². The molecule has 0 aliphatic rings. The minimum Gasteiger partial charge on any atom is -0.394 e. The summed E-state index contributed by atoms with van der Waals surface area (Å²) in [4.78, 5) is 11.5. The van der Waals surface area contributed by atoms with Crippen molar-refractivity contribution in [1.29, 1.82) is 0 Å². The molecule has 1 atom stereocenters. The first-order chi connectivity index (χ1) is 8.54. The van der Waals surface area contributed by atoms with Gasteiger partial charge in [-0.3, -0.25) is 4.79 Å². The lowest BCUT2D eigenvalue weighted by Crippen LogP contribution is -2.38. The Morgan fingerprint density at radius 1 is 1.39 bits per heavy atom. The van der Waals surface area contributed by atoms with Crippen LogP contribution in [0.2, 0.25) is 0 Å². The fourth-order valence-corrected chi connectivity index (χ4v) is 1.32. The molecule has 0 aliphatic carbocycles. The molecule has 1 heterocycles. The largest absolute Gasteiger partial charge is 0.394 e. The standard InChI is InChI=1S/C12H20N4O2/c1-4-12(3,8-17)14-10-7-6-9(15-16-10)11(18)13-5-2/h6-7,17H,4-5,8H2,1-3H3,(H,13,18)(H,14,16). The van der Waals surface area contributed by atoms with E-state index in [1.165, 1.54) is 0 Å². The van der Waals surface area contributed by atoms with E-state index in [-0.39, 0.29) is 18.2 Å². The van der Waals surface area contributed by atoms with Crippen molar-refractivity contribution in [2.24, 2.45) is 0 Å². The second-order valence-electron chi connectivity index (χ2n) is 4.36. The predicted octanol–water partition coefficient (Wildman–Crippen LogP) is 0.799. The van der Waals surface area contributed by atoms with E-state index < -0.39 is 5.54 Å². The van der Waals surface area contributed by atoms with Gasteiger partial charge in [0.2, 0.25) is 0 Å². The van der Waals surface area contributed by atoms with Crippen molar-refractivity contribution in [3.05, 3.63) is 17.8 Å². The molecule has 1 aromatic rings. The molecule has 0 aliphatic heterocycles. The Kier molecular flexibility index (Phi) is 5.03. The molecule has 0 fully saturated rings. The lowest BCUT2D eigenvalue weighted by molar-refractivity contribution is 0.0950. The van der Waals surface area contributed by atoms with E-state index in [0.717, 1.165) is 6.42 Å². The highest BCUT2D eigenvalue weighted by Gasteiger charge is 2.21. The third kappa shape index (κ3) is 3.66. The number of carbonyl (C=O) groups excluding carboxylic acids is 1. The van der Waals surface area contributed by atoms with Crippen LogP contribution in [0.1, 0.15) is 37.7 Å². The van der Waals surface area contributed by atoms with Gasteiger partial charge in [-0.1, -0.05) is 6.92 Å². The van der Waals surface area contributed by atoms with Crippen LogP contribution in [-0.2, 0) is 0 Å². The minimum atomic E-state index is -0.429. The molecule has 6 nitrogen and oxygen atoms in total. The van der Waals surface area contributed by atoms with Crippen molar-refractivity contribution < 1.29 is 9.90 Å². The molecule has 0 saturated carbocycles. The smallest absolute Gasteiger partial charge is 0.271 e. The topological polar surface area (TPSA) is 87.1 Å². The molecule has 3 N–H and O–H groups in total. The Balaban J connectivity index is 2.74. The van der Waals surface area contributed by atoms with Gasteiger partial charge in [-0.2, -0.15) is 0 Å². The summed E-state index contributed by atoms with van der Waals surface area (Å²) in [6, 6.07) is 3.29. The van der Waals surface area contributed by atoms with Gasteiger partial charge in [-0.15, -0.1) is 10.2 Å². The van der Waals surface area contributed by atoms with Crippen LogP contribution in [0.15, 0.2) is 12.1 Å². The molecule has 0 bridgehead atoms. The molecule has 6 heteroatoms. The number of hydrogen-bond donors (Lipinski definition) is 3. The second kappa shape index (κ2) is 6.30. The predicted molar refractivity (Wildman–Crippen MR) is 69.4 cm³/mol. The van der Waals surface area contributed by atoms with Crippen molar-refractivity contribution in [1.82, 2.24) is 15.5 Å². The van der Waals surface area contributed by atoms with E-state index in [1.807, 2.05) is 20.8 Å². The Morgan fingerprint density at radius 2 is 2.11 bits per heavy atom. The van der Waals surface area contributed by atoms with Gasteiger partial charge >= 0.3 is 0 Å². The van der Waals surface area contributed by atoms with Gasteiger partial charge < -0.3 is 15.7 Å². The van der Waals surface area contributed by atoms with Gasteiger partial charge in [0.25, 0.3) is 5.91 Å². The van der Waals surface area contributed by atoms with E-state index >= 15 is 0 Å². The number of nitrogens with one attached hydrogen (secondary N) is 2. The first-order valence-electron chi connectivity index (χ1n) is 6.05. The van der Waals surface area contributed by atoms with E-state index in [4.69, 9.17) is 0 Å². The molecule has 1 amide bonds. The van der Waals surface area contributed by atoms with Crippen LogP contribution in [0.4, 0.5) is 5.82 Å². The van der Waals surface area contributed by atoms with E-state index in [9.17, 15) is 9.90 Å². The monoisotopic (exact) mass is 252 g/mol. The first kappa shape index (κ1) is 14.4. The molecule has 0 saturated heterocycles. The molecule has 100 valence electrons. The molecule has 1 unspecified atom stereocenters. The molecule has 0 spiro atoms. The van der Waals surface area contributed by atoms with Crippen LogP contribution in [0, 0.1) is 0 Å². The van der Waals surface area contributed by atoms with Crippen molar-refractivity contribution in [2.75, 3.05) is 18.5 Å². The maximum atomic E-state index is 11.5. The molecule has 18 heavy (non-hydrogen) atoms. The lowest BCUT2D eigenvalue weighted by atomic mass is 10.0. The highest BCUT2D eigenvalue weighted by molar-refractivity contribution is 5.92. The van der Waals surface area contributed by atoms with E-state index in [0.29, 0.717) is 12.4 Å². The van der Waals surface area contributed by atoms with Crippen LogP contribution >= 0.6 is 0 Å². The summed E-state index contributed by atoms with van der Waals surface area (Å²) in [5.41, 5.74) is -0.147. The summed E-state index contributed by atoms with van der Waals surface area (Å²) in [6.45, 7) is 6.27. The fourth-order valence-electron chi connectivity index (χ4n) is 1.32. The summed E-state index contributed by atoms with van der Waals surface area (Å²) in [7, 11) is 0. The molecular formula is C12H20N4O2. The number of aliphatic hydroxyl groups is 1. The average molecular weight is 252 g/mol. The van der Waals surface area contributed by atoms with Gasteiger partial charge in [-0.25, -0.2) is 0 Å². The van der Waals surface area contributed by atoms with Crippen LogP contribution in [0.3, 0.4) is 0 Å². The molecule has 1 aromatic heterocycles. The van der Waals surface area contributed by atoms with E-state index in [2.05, 4.69) is 20.8 Å². The summed E-state index contributed by atoms with van der Waals surface area (Å²) >= 11 is 0. The number of aliphatic hydroxyl groups excluding tert-OH is 1. The maximum absolute atomic E-state index is 11.5. The Hall–Kier alpha value is -1.69. The van der Waals surface area contributed by atoms with Crippen molar-refractivity contribution >= 4 is 11.7 Å². The zero-order valence-corrected chi connectivity index (χ0v) is 11.0. The number of amides is 1. The summed E-state index contributed by atoms with van der Waals surface area (Å²) in [6.07, 6.45) is 0.753. The molecule has 0 aromatic carbocycles. The quantitative estimate of drug-likeness (QED) is 0.697. The average Bonchev–Trinajstić information content (AvgIpc) is 2.39. The number of rotatable bonds is 6. The summed E-state index contributed by atoms with van der Waals surface area (Å²) in [5.74, 6) is 0.304. The van der Waals surface area contributed by atoms with Gasteiger partial charge in [0.15, 0.2) is 5.69 Å². The molecule has 0 radical (unpaired) electrons. The Labute approximate surface area is 107 Å². The SMILES string of the molecule is CCNC(=O)c1ccc(NC(C)(CC)CO)nn1. The zero-order valence-electron chi connectivity index (χ0n) is 11.0. The fraction of sp³-hybridized carbons (Fsp3) is 0.583. The normalized spacial score (nSPS) is 13.8. The maximum Gasteiger partial charge on any atom is 0.271 e. The minimum absolute atomic E-state index is 0.00323. The van der Waals surface area contributed by atoms with Gasteiger partial charge in [0, 0.05) is 6.54 Å². The Morgan fingerprint density at radius 3 is 2.56 bits per heavy atom. The number of nitrogens with zero attached hydrogens (tertiary/aromatic N) is 2. The Bertz CT molecular complexity index is 388. The van der Waals surface area contributed by atoms with Gasteiger partial charge in [0.1, 0.15) is 5.82 Å². The van der Waals surface area contributed by atoms with Crippen molar-refractivity contribution in [3.8, 4) is 0 Å². The zero-order chi connectivity index (χ0) is 13.6. The highest BCUT2D eigenvalue weighted by atomic mass is 16.3. The summed E-state index contributed by atoms with van der Waals surface area (Å²) in [5, 5.41) is 22.8. The number of hydrogen-bond acceptors (Lipinski definition) is 5. The molecular weight excluding hydrogens is 232 g/mol. The number of aromatic nitrogens is 2. The van der Waals surface area contributed by atoms with Crippen molar-refractivity contribution in [3.63, 3.8) is 0 Å².